The molecule has 0 bridgehead atoms. The van der Waals surface area contributed by atoms with Gasteiger partial charge in [-0.3, -0.25) is 0 Å². The van der Waals surface area contributed by atoms with Gasteiger partial charge in [0.25, 0.3) is 0 Å². The zero-order chi connectivity index (χ0) is 12.5. The van der Waals surface area contributed by atoms with E-state index in [1.54, 1.807) is 6.20 Å². The highest BCUT2D eigenvalue weighted by atomic mass is 79.9. The Morgan fingerprint density at radius 3 is 2.88 bits per heavy atom. The maximum absolute atomic E-state index is 13.7. The molecule has 0 amide bonds. The summed E-state index contributed by atoms with van der Waals surface area (Å²) in [4.78, 5) is 4.10. The number of halogens is 2. The lowest BCUT2D eigenvalue weighted by atomic mass is 9.73. The molecule has 1 saturated carbocycles. The third kappa shape index (κ3) is 2.97. The molecule has 2 nitrogen and oxygen atoms in total. The molecule has 1 heterocycles. The van der Waals surface area contributed by atoms with Crippen molar-refractivity contribution in [2.75, 3.05) is 5.32 Å². The van der Waals surface area contributed by atoms with Gasteiger partial charge < -0.3 is 5.32 Å². The van der Waals surface area contributed by atoms with Crippen LogP contribution in [0.15, 0.2) is 16.7 Å². The maximum atomic E-state index is 13.7. The molecule has 1 aromatic rings. The SMILES string of the molecule is CC1(C)CCCCC1Nc1ncc(Br)cc1F. The van der Waals surface area contributed by atoms with E-state index in [0.717, 1.165) is 6.42 Å². The topological polar surface area (TPSA) is 24.9 Å². The van der Waals surface area contributed by atoms with E-state index in [1.165, 1.54) is 25.3 Å². The maximum Gasteiger partial charge on any atom is 0.166 e. The highest BCUT2D eigenvalue weighted by Gasteiger charge is 2.32. The van der Waals surface area contributed by atoms with Gasteiger partial charge in [-0.1, -0.05) is 26.7 Å². The smallest absolute Gasteiger partial charge is 0.166 e. The number of nitrogens with zero attached hydrogens (tertiary/aromatic N) is 1. The number of nitrogens with one attached hydrogen (secondary N) is 1. The van der Waals surface area contributed by atoms with Crippen LogP contribution in [0.4, 0.5) is 10.2 Å². The van der Waals surface area contributed by atoms with Crippen molar-refractivity contribution < 1.29 is 4.39 Å². The number of anilines is 1. The molecule has 0 spiro atoms. The summed E-state index contributed by atoms with van der Waals surface area (Å²) < 4.78 is 14.4. The molecule has 1 aliphatic carbocycles. The van der Waals surface area contributed by atoms with Crippen molar-refractivity contribution in [2.45, 2.75) is 45.6 Å². The quantitative estimate of drug-likeness (QED) is 0.877. The van der Waals surface area contributed by atoms with Gasteiger partial charge in [-0.25, -0.2) is 9.37 Å². The van der Waals surface area contributed by atoms with Crippen molar-refractivity contribution in [1.82, 2.24) is 4.98 Å². The van der Waals surface area contributed by atoms with Crippen LogP contribution < -0.4 is 5.32 Å². The predicted octanol–water partition coefficient (Wildman–Crippen LogP) is 4.36. The lowest BCUT2D eigenvalue weighted by Crippen LogP contribution is -2.39. The van der Waals surface area contributed by atoms with Gasteiger partial charge in [-0.15, -0.1) is 0 Å². The second kappa shape index (κ2) is 4.92. The first-order valence-corrected chi connectivity index (χ1v) is 6.86. The lowest BCUT2D eigenvalue weighted by molar-refractivity contribution is 0.216. The number of aromatic nitrogens is 1. The molecule has 1 unspecified atom stereocenters. The fourth-order valence-corrected chi connectivity index (χ4v) is 2.75. The molecular formula is C13H18BrFN2. The third-order valence-corrected chi connectivity index (χ3v) is 4.06. The molecule has 17 heavy (non-hydrogen) atoms. The van der Waals surface area contributed by atoms with Gasteiger partial charge in [0, 0.05) is 16.7 Å². The molecule has 1 aliphatic rings. The Bertz CT molecular complexity index is 406. The van der Waals surface area contributed by atoms with Crippen LogP contribution in [0, 0.1) is 11.2 Å². The first kappa shape index (κ1) is 12.8. The summed E-state index contributed by atoms with van der Waals surface area (Å²) in [5.74, 6) is 0.0777. The van der Waals surface area contributed by atoms with E-state index in [0.29, 0.717) is 16.3 Å². The van der Waals surface area contributed by atoms with Crippen molar-refractivity contribution >= 4 is 21.7 Å². The van der Waals surface area contributed by atoms with E-state index in [4.69, 9.17) is 0 Å². The van der Waals surface area contributed by atoms with Crippen molar-refractivity contribution in [3.05, 3.63) is 22.6 Å². The summed E-state index contributed by atoms with van der Waals surface area (Å²) in [5.41, 5.74) is 0.208. The molecular weight excluding hydrogens is 283 g/mol. The molecule has 1 N–H and O–H groups in total. The van der Waals surface area contributed by atoms with E-state index in [1.807, 2.05) is 0 Å². The summed E-state index contributed by atoms with van der Waals surface area (Å²) in [5, 5.41) is 3.26. The first-order valence-electron chi connectivity index (χ1n) is 6.06. The Labute approximate surface area is 110 Å². The number of pyridine rings is 1. The van der Waals surface area contributed by atoms with E-state index in [9.17, 15) is 4.39 Å². The van der Waals surface area contributed by atoms with Crippen molar-refractivity contribution in [2.24, 2.45) is 5.41 Å². The van der Waals surface area contributed by atoms with Crippen molar-refractivity contribution in [3.63, 3.8) is 0 Å². The fraction of sp³-hybridized carbons (Fsp3) is 0.615. The Morgan fingerprint density at radius 1 is 1.47 bits per heavy atom. The van der Waals surface area contributed by atoms with Crippen molar-refractivity contribution in [3.8, 4) is 0 Å². The Hall–Kier alpha value is -0.640. The molecule has 2 rings (SSSR count). The van der Waals surface area contributed by atoms with Gasteiger partial charge in [0.05, 0.1) is 0 Å². The van der Waals surface area contributed by atoms with Crippen molar-refractivity contribution in [1.29, 1.82) is 0 Å². The summed E-state index contributed by atoms with van der Waals surface area (Å²) in [6, 6.07) is 1.75. The Balaban J connectivity index is 2.14. The minimum atomic E-state index is -0.291. The van der Waals surface area contributed by atoms with Gasteiger partial charge in [-0.05, 0) is 40.3 Å². The predicted molar refractivity (Wildman–Crippen MR) is 71.6 cm³/mol. The molecule has 1 atom stereocenters. The molecule has 0 saturated heterocycles. The summed E-state index contributed by atoms with van der Waals surface area (Å²) in [6.07, 6.45) is 6.37. The highest BCUT2D eigenvalue weighted by Crippen LogP contribution is 2.37. The zero-order valence-electron chi connectivity index (χ0n) is 10.3. The number of rotatable bonds is 2. The number of hydrogen-bond acceptors (Lipinski definition) is 2. The highest BCUT2D eigenvalue weighted by molar-refractivity contribution is 9.10. The second-order valence-electron chi connectivity index (χ2n) is 5.42. The van der Waals surface area contributed by atoms with Crippen LogP contribution in [-0.2, 0) is 0 Å². The standard InChI is InChI=1S/C13H18BrFN2/c1-13(2)6-4-3-5-11(13)17-12-10(15)7-9(14)8-16-12/h7-8,11H,3-6H2,1-2H3,(H,16,17). The summed E-state index contributed by atoms with van der Waals surface area (Å²) in [6.45, 7) is 4.47. The monoisotopic (exact) mass is 300 g/mol. The van der Waals surface area contributed by atoms with Gasteiger partial charge in [0.15, 0.2) is 11.6 Å². The second-order valence-corrected chi connectivity index (χ2v) is 6.33. The normalized spacial score (nSPS) is 23.4. The van der Waals surface area contributed by atoms with E-state index in [2.05, 4.69) is 40.1 Å². The number of hydrogen-bond donors (Lipinski definition) is 1. The van der Waals surface area contributed by atoms with Gasteiger partial charge in [-0.2, -0.15) is 0 Å². The molecule has 1 aromatic heterocycles. The van der Waals surface area contributed by atoms with E-state index >= 15 is 0 Å². The first-order chi connectivity index (χ1) is 7.99. The van der Waals surface area contributed by atoms with Gasteiger partial charge in [0.1, 0.15) is 0 Å². The minimum absolute atomic E-state index is 0.208. The molecule has 4 heteroatoms. The van der Waals surface area contributed by atoms with Gasteiger partial charge >= 0.3 is 0 Å². The van der Waals surface area contributed by atoms with Crippen LogP contribution in [0.5, 0.6) is 0 Å². The fourth-order valence-electron chi connectivity index (χ4n) is 2.45. The zero-order valence-corrected chi connectivity index (χ0v) is 11.8. The van der Waals surface area contributed by atoms with Crippen LogP contribution in [0.25, 0.3) is 0 Å². The lowest BCUT2D eigenvalue weighted by Gasteiger charge is -2.39. The Kier molecular flexibility index (Phi) is 3.71. The molecule has 94 valence electrons. The summed E-state index contributed by atoms with van der Waals surface area (Å²) in [7, 11) is 0. The molecule has 0 aromatic carbocycles. The van der Waals surface area contributed by atoms with Crippen LogP contribution >= 0.6 is 15.9 Å². The molecule has 0 radical (unpaired) electrons. The van der Waals surface area contributed by atoms with Crippen LogP contribution in [0.3, 0.4) is 0 Å². The van der Waals surface area contributed by atoms with E-state index < -0.39 is 0 Å². The average molecular weight is 301 g/mol. The van der Waals surface area contributed by atoms with E-state index in [-0.39, 0.29) is 11.2 Å². The largest absolute Gasteiger partial charge is 0.364 e. The van der Waals surface area contributed by atoms with Gasteiger partial charge in [0.2, 0.25) is 0 Å². The third-order valence-electron chi connectivity index (χ3n) is 3.63. The van der Waals surface area contributed by atoms with Crippen LogP contribution in [0.2, 0.25) is 0 Å². The van der Waals surface area contributed by atoms with Crippen LogP contribution in [0.1, 0.15) is 39.5 Å². The molecule has 0 aliphatic heterocycles. The summed E-state index contributed by atoms with van der Waals surface area (Å²) >= 11 is 3.21. The minimum Gasteiger partial charge on any atom is -0.364 e. The Morgan fingerprint density at radius 2 is 2.24 bits per heavy atom. The van der Waals surface area contributed by atoms with Crippen LogP contribution in [-0.4, -0.2) is 11.0 Å². The average Bonchev–Trinajstić information content (AvgIpc) is 2.24. The molecule has 1 fully saturated rings.